The van der Waals surface area contributed by atoms with E-state index >= 15 is 0 Å². The maximum absolute atomic E-state index is 12.9. The second-order valence-electron chi connectivity index (χ2n) is 2.48. The minimum Gasteiger partial charge on any atom is -0.293 e. The number of carbonyl (C=O) groups excluding carboxylic acids is 1. The Balaban J connectivity index is 3.27. The van der Waals surface area contributed by atoms with Crippen LogP contribution in [0, 0.1) is 28.8 Å². The molecule has 0 saturated heterocycles. The van der Waals surface area contributed by atoms with E-state index in [1.165, 1.54) is 6.07 Å². The number of hydrogen-bond acceptors (Lipinski definition) is 2. The zero-order valence-corrected chi connectivity index (χ0v) is 6.85. The molecule has 1 aromatic carbocycles. The zero-order valence-electron chi connectivity index (χ0n) is 6.85. The summed E-state index contributed by atoms with van der Waals surface area (Å²) >= 11 is 0. The number of hydrogen-bond donors (Lipinski definition) is 0. The Hall–Kier alpha value is -1.83. The van der Waals surface area contributed by atoms with Crippen LogP contribution in [0.1, 0.15) is 16.8 Å². The van der Waals surface area contributed by atoms with Crippen LogP contribution < -0.4 is 0 Å². The van der Waals surface area contributed by atoms with Crippen LogP contribution in [0.25, 0.3) is 0 Å². The van der Waals surface area contributed by atoms with Gasteiger partial charge in [0.1, 0.15) is 5.82 Å². The smallest absolute Gasteiger partial charge is 0.182 e. The van der Waals surface area contributed by atoms with Crippen LogP contribution in [0.2, 0.25) is 0 Å². The number of halogens is 3. The van der Waals surface area contributed by atoms with Gasteiger partial charge in [-0.05, 0) is 12.1 Å². The minimum atomic E-state index is -1.55. The molecule has 0 radical (unpaired) electrons. The van der Waals surface area contributed by atoms with Crippen LogP contribution in [0.3, 0.4) is 0 Å². The number of Topliss-reactive ketones (excluding diaryl/α,β-unsaturated/α-hetero) is 1. The molecule has 0 bridgehead atoms. The van der Waals surface area contributed by atoms with Gasteiger partial charge in [0.25, 0.3) is 0 Å². The monoisotopic (exact) mass is 199 g/mol. The Kier molecular flexibility index (Phi) is 2.87. The second kappa shape index (κ2) is 3.92. The average Bonchev–Trinajstić information content (AvgIpc) is 2.13. The summed E-state index contributed by atoms with van der Waals surface area (Å²) in [5, 5.41) is 8.14. The van der Waals surface area contributed by atoms with Crippen molar-refractivity contribution in [1.82, 2.24) is 0 Å². The summed E-state index contributed by atoms with van der Waals surface area (Å²) in [6, 6.07) is 2.65. The molecule has 0 aromatic heterocycles. The van der Waals surface area contributed by atoms with Gasteiger partial charge < -0.3 is 0 Å². The number of nitriles is 1. The molecular formula is C9H4F3NO. The fourth-order valence-corrected chi connectivity index (χ4v) is 0.943. The molecule has 0 spiro atoms. The van der Waals surface area contributed by atoms with Crippen molar-refractivity contribution in [3.63, 3.8) is 0 Å². The lowest BCUT2D eigenvalue weighted by Gasteiger charge is -2.01. The Morgan fingerprint density at radius 1 is 1.29 bits per heavy atom. The molecule has 0 fully saturated rings. The summed E-state index contributed by atoms with van der Waals surface area (Å²) in [5.74, 6) is -5.09. The Bertz CT molecular complexity index is 423. The van der Waals surface area contributed by atoms with Crippen molar-refractivity contribution >= 4 is 5.78 Å². The number of rotatable bonds is 2. The lowest BCUT2D eigenvalue weighted by Crippen LogP contribution is -2.06. The Morgan fingerprint density at radius 2 is 1.86 bits per heavy atom. The number of benzene rings is 1. The molecule has 2 nitrogen and oxygen atoms in total. The quantitative estimate of drug-likeness (QED) is 0.541. The zero-order chi connectivity index (χ0) is 10.7. The Labute approximate surface area is 77.6 Å². The molecule has 0 N–H and O–H groups in total. The third kappa shape index (κ3) is 1.74. The van der Waals surface area contributed by atoms with E-state index in [2.05, 4.69) is 0 Å². The molecule has 14 heavy (non-hydrogen) atoms. The first-order valence-electron chi connectivity index (χ1n) is 3.61. The molecule has 0 atom stereocenters. The highest BCUT2D eigenvalue weighted by Crippen LogP contribution is 2.17. The summed E-state index contributed by atoms with van der Waals surface area (Å²) in [6.07, 6.45) is -0.683. The summed E-state index contributed by atoms with van der Waals surface area (Å²) in [4.78, 5) is 11.0. The maximum Gasteiger partial charge on any atom is 0.182 e. The van der Waals surface area contributed by atoms with Gasteiger partial charge in [-0.2, -0.15) is 5.26 Å². The van der Waals surface area contributed by atoms with Crippen LogP contribution in [0.15, 0.2) is 12.1 Å². The third-order valence-corrected chi connectivity index (χ3v) is 1.56. The average molecular weight is 199 g/mol. The highest BCUT2D eigenvalue weighted by molar-refractivity contribution is 5.97. The van der Waals surface area contributed by atoms with Gasteiger partial charge in [0, 0.05) is 0 Å². The van der Waals surface area contributed by atoms with E-state index in [-0.39, 0.29) is 0 Å². The molecule has 5 heteroatoms. The van der Waals surface area contributed by atoms with Crippen molar-refractivity contribution in [2.24, 2.45) is 0 Å². The summed E-state index contributed by atoms with van der Waals surface area (Å²) < 4.78 is 38.3. The first kappa shape index (κ1) is 10.3. The molecule has 0 aliphatic heterocycles. The predicted octanol–water partition coefficient (Wildman–Crippen LogP) is 2.20. The van der Waals surface area contributed by atoms with Crippen molar-refractivity contribution in [3.8, 4) is 6.07 Å². The van der Waals surface area contributed by atoms with Gasteiger partial charge in [-0.15, -0.1) is 0 Å². The van der Waals surface area contributed by atoms with Gasteiger partial charge in [0.05, 0.1) is 18.1 Å². The second-order valence-corrected chi connectivity index (χ2v) is 2.48. The molecule has 0 amide bonds. The molecule has 0 aliphatic rings. The van der Waals surface area contributed by atoms with Gasteiger partial charge in [-0.1, -0.05) is 0 Å². The van der Waals surface area contributed by atoms with Crippen molar-refractivity contribution < 1.29 is 18.0 Å². The molecular weight excluding hydrogens is 195 g/mol. The topological polar surface area (TPSA) is 40.9 Å². The van der Waals surface area contributed by atoms with Crippen molar-refractivity contribution in [2.75, 3.05) is 0 Å². The lowest BCUT2D eigenvalue weighted by molar-refractivity contribution is 0.0988. The number of ketones is 1. The maximum atomic E-state index is 12.9. The highest BCUT2D eigenvalue weighted by Gasteiger charge is 2.19. The molecule has 0 unspecified atom stereocenters. The van der Waals surface area contributed by atoms with E-state index in [1.54, 1.807) is 0 Å². The third-order valence-electron chi connectivity index (χ3n) is 1.56. The van der Waals surface area contributed by atoms with Crippen LogP contribution in [0.5, 0.6) is 0 Å². The molecule has 0 saturated carbocycles. The normalized spacial score (nSPS) is 9.57. The molecule has 1 aromatic rings. The van der Waals surface area contributed by atoms with Crippen LogP contribution in [-0.2, 0) is 0 Å². The van der Waals surface area contributed by atoms with E-state index in [0.29, 0.717) is 12.1 Å². The van der Waals surface area contributed by atoms with Gasteiger partial charge >= 0.3 is 0 Å². The number of nitrogens with zero attached hydrogens (tertiary/aromatic N) is 1. The van der Waals surface area contributed by atoms with Crippen LogP contribution in [0.4, 0.5) is 13.2 Å². The summed E-state index contributed by atoms with van der Waals surface area (Å²) in [5.41, 5.74) is -0.994. The van der Waals surface area contributed by atoms with E-state index in [1.807, 2.05) is 0 Å². The molecule has 1 rings (SSSR count). The Morgan fingerprint density at radius 3 is 2.43 bits per heavy atom. The fourth-order valence-electron chi connectivity index (χ4n) is 0.943. The minimum absolute atomic E-state index is 0.577. The van der Waals surface area contributed by atoms with E-state index in [4.69, 9.17) is 5.26 Å². The molecule has 0 heterocycles. The van der Waals surface area contributed by atoms with E-state index < -0.39 is 35.2 Å². The van der Waals surface area contributed by atoms with E-state index in [0.717, 1.165) is 0 Å². The summed E-state index contributed by atoms with van der Waals surface area (Å²) in [6.45, 7) is 0. The summed E-state index contributed by atoms with van der Waals surface area (Å²) in [7, 11) is 0. The molecule has 0 aliphatic carbocycles. The van der Waals surface area contributed by atoms with Crippen LogP contribution in [-0.4, -0.2) is 5.78 Å². The van der Waals surface area contributed by atoms with Gasteiger partial charge in [0.15, 0.2) is 17.4 Å². The number of carbonyl (C=O) groups is 1. The van der Waals surface area contributed by atoms with Crippen molar-refractivity contribution in [3.05, 3.63) is 35.1 Å². The van der Waals surface area contributed by atoms with E-state index in [9.17, 15) is 18.0 Å². The highest BCUT2D eigenvalue weighted by atomic mass is 19.2. The van der Waals surface area contributed by atoms with Crippen molar-refractivity contribution in [2.45, 2.75) is 6.42 Å². The predicted molar refractivity (Wildman–Crippen MR) is 40.9 cm³/mol. The standard InChI is InChI=1S/C9H4F3NO/c10-5-1-2-6(11)9(12)8(5)7(14)3-4-13/h1-2H,3H2. The lowest BCUT2D eigenvalue weighted by atomic mass is 10.1. The van der Waals surface area contributed by atoms with Crippen LogP contribution >= 0.6 is 0 Å². The SMILES string of the molecule is N#CCC(=O)c1c(F)ccc(F)c1F. The largest absolute Gasteiger partial charge is 0.293 e. The first-order valence-corrected chi connectivity index (χ1v) is 3.61. The first-order chi connectivity index (χ1) is 6.57. The van der Waals surface area contributed by atoms with Crippen molar-refractivity contribution in [1.29, 1.82) is 5.26 Å². The molecule has 72 valence electrons. The van der Waals surface area contributed by atoms with Gasteiger partial charge in [-0.3, -0.25) is 4.79 Å². The van der Waals surface area contributed by atoms with Gasteiger partial charge in [-0.25, -0.2) is 13.2 Å². The van der Waals surface area contributed by atoms with Gasteiger partial charge in [0.2, 0.25) is 0 Å². The fraction of sp³-hybridized carbons (Fsp3) is 0.111.